The SMILES string of the molecule is CCCCCCCCCCCCC/C=C/C(O)C(CO[C@@H]1O[C@H](CO)[C@@H](O[C@@H]2O[C@H](CO)[C@H](O[C@@H]3O[C@H](CO)[C@H](O)[C@H](O[C@@H]4O[C@H](CO)[C@H](O)[C@H](O)[C@H]4O)[C@H]3NC(C)=O)[C@H](O[C@]3(C(=O)[O-])C[C@H](O)[C@@H](NC(C)=O)[C@H](C(O)C(O)CO)O3)[C@H]2O)[C@H](O)[C@H]1O)NC(=O)CCCCCCCCCCCCCCCCC.[Na+]. The van der Waals surface area contributed by atoms with Crippen molar-refractivity contribution in [2.24, 2.45) is 0 Å². The minimum Gasteiger partial charge on any atom is -0.544 e. The van der Waals surface area contributed by atoms with Crippen LogP contribution in [-0.2, 0) is 66.5 Å². The van der Waals surface area contributed by atoms with Crippen molar-refractivity contribution in [3.63, 3.8) is 0 Å². The van der Waals surface area contributed by atoms with Crippen LogP contribution in [0.25, 0.3) is 0 Å². The van der Waals surface area contributed by atoms with Crippen LogP contribution in [0.2, 0.25) is 0 Å². The quantitative estimate of drug-likeness (QED) is 0.0154. The Morgan fingerprint density at radius 1 is 0.500 bits per heavy atom. The topological polar surface area (TPSA) is 543 Å². The van der Waals surface area contributed by atoms with E-state index >= 15 is 0 Å². The number of carbonyl (C=O) groups excluding carboxylic acids is 4. The molecule has 3 amide bonds. The van der Waals surface area contributed by atoms with Crippen LogP contribution in [0, 0.1) is 0 Å². The number of unbranched alkanes of at least 4 members (excludes halogenated alkanes) is 25. The minimum absolute atomic E-state index is 0. The number of carboxylic acids is 1. The zero-order chi connectivity index (χ0) is 78.8. The van der Waals surface area contributed by atoms with Crippen LogP contribution < -0.4 is 50.6 Å². The van der Waals surface area contributed by atoms with Crippen LogP contribution >= 0.6 is 0 Å². The van der Waals surface area contributed by atoms with E-state index in [-0.39, 0.29) is 41.9 Å². The monoisotopic (exact) mass is 1570 g/mol. The van der Waals surface area contributed by atoms with E-state index in [0.29, 0.717) is 12.8 Å². The molecule has 0 saturated carbocycles. The predicted octanol–water partition coefficient (Wildman–Crippen LogP) is -5.37. The Morgan fingerprint density at radius 3 is 1.44 bits per heavy atom. The first-order valence-electron chi connectivity index (χ1n) is 39.1. The van der Waals surface area contributed by atoms with Gasteiger partial charge in [-0.2, -0.15) is 0 Å². The second kappa shape index (κ2) is 52.2. The molecule has 5 aliphatic rings. The van der Waals surface area contributed by atoms with Crippen LogP contribution in [0.5, 0.6) is 0 Å². The first-order chi connectivity index (χ1) is 51.3. The second-order valence-electron chi connectivity index (χ2n) is 29.3. The molecule has 0 radical (unpaired) electrons. The van der Waals surface area contributed by atoms with Crippen LogP contribution in [0.1, 0.15) is 214 Å². The maximum atomic E-state index is 13.7. The number of amides is 3. The third kappa shape index (κ3) is 30.3. The summed E-state index contributed by atoms with van der Waals surface area (Å²) in [7, 11) is 0. The molecule has 0 aromatic heterocycles. The van der Waals surface area contributed by atoms with E-state index in [2.05, 4.69) is 29.8 Å². The molecule has 0 aliphatic carbocycles. The summed E-state index contributed by atoms with van der Waals surface area (Å²) in [4.78, 5) is 52.8. The van der Waals surface area contributed by atoms with Gasteiger partial charge in [0.25, 0.3) is 0 Å². The Balaban J connectivity index is 0.0000246. The molecule has 0 bridgehead atoms. The fraction of sp³-hybridized carbons (Fsp3) is 0.918. The van der Waals surface area contributed by atoms with Gasteiger partial charge in [0.15, 0.2) is 25.2 Å². The van der Waals surface area contributed by atoms with Crippen LogP contribution in [0.4, 0.5) is 0 Å². The molecule has 5 heterocycles. The molecule has 4 unspecified atom stereocenters. The van der Waals surface area contributed by atoms with Crippen molar-refractivity contribution in [3.8, 4) is 0 Å². The number of ether oxygens (including phenoxy) is 10. The Kier molecular flexibility index (Phi) is 47.4. The Hall–Kier alpha value is -2.42. The van der Waals surface area contributed by atoms with Gasteiger partial charge in [-0.1, -0.05) is 180 Å². The van der Waals surface area contributed by atoms with E-state index < -0.39 is 235 Å². The first-order valence-corrected chi connectivity index (χ1v) is 39.1. The molecule has 5 rings (SSSR count). The summed E-state index contributed by atoms with van der Waals surface area (Å²) in [6.45, 7) is 0.239. The van der Waals surface area contributed by atoms with Gasteiger partial charge in [-0.05, 0) is 19.3 Å². The molecule has 5 aliphatic heterocycles. The summed E-state index contributed by atoms with van der Waals surface area (Å²) in [5.41, 5.74) is 0. The minimum atomic E-state index is -3.49. The molecule has 108 heavy (non-hydrogen) atoms. The van der Waals surface area contributed by atoms with Crippen molar-refractivity contribution in [1.29, 1.82) is 0 Å². The second-order valence-corrected chi connectivity index (χ2v) is 29.3. The number of carbonyl (C=O) groups is 4. The van der Waals surface area contributed by atoms with Crippen molar-refractivity contribution >= 4 is 23.7 Å². The summed E-state index contributed by atoms with van der Waals surface area (Å²) in [6, 6.07) is -4.85. The Morgan fingerprint density at radius 2 is 0.935 bits per heavy atom. The Bertz CT molecular complexity index is 2510. The molecule has 0 spiro atoms. The molecule has 5 saturated heterocycles. The van der Waals surface area contributed by atoms with Gasteiger partial charge in [0.2, 0.25) is 23.5 Å². The third-order valence-electron chi connectivity index (χ3n) is 20.6. The number of nitrogens with one attached hydrogen (secondary N) is 3. The number of carboxylic acid groups (broad SMARTS) is 1. The fourth-order valence-corrected chi connectivity index (χ4v) is 14.3. The van der Waals surface area contributed by atoms with Gasteiger partial charge >= 0.3 is 29.6 Å². The van der Waals surface area contributed by atoms with E-state index in [9.17, 15) is 106 Å². The van der Waals surface area contributed by atoms with Gasteiger partial charge in [-0.3, -0.25) is 14.4 Å². The third-order valence-corrected chi connectivity index (χ3v) is 20.6. The number of aliphatic hydroxyl groups is 16. The summed E-state index contributed by atoms with van der Waals surface area (Å²) >= 11 is 0. The van der Waals surface area contributed by atoms with Crippen molar-refractivity contribution in [2.45, 2.75) is 385 Å². The number of hydrogen-bond donors (Lipinski definition) is 19. The number of hydrogen-bond acceptors (Lipinski definition) is 31. The smallest absolute Gasteiger partial charge is 0.544 e. The molecular formula is C73H130N3NaO31. The molecule has 28 atom stereocenters. The molecule has 34 nitrogen and oxygen atoms in total. The average Bonchev–Trinajstić information content (AvgIpc) is 0.750. The standard InChI is InChI=1S/C73H131N3O31.Na/c1-5-7-9-11-13-15-17-19-20-22-24-26-28-30-32-34-52(87)76-44(45(84)33-31-29-27-25-23-21-18-16-14-12-10-8-6-2)41-98-69-61(94)59(92)63(50(39-80)101-69)103-71-62(95)67(107-73(72(96)97)35-46(85)53(74-42(3)82)66(106-73)55(88)47(86)36-77)64(51(40-81)102-71)104-68-54(75-43(4)83)65(57(90)49(38-79)99-68)105-70-60(93)58(91)56(89)48(37-78)100-70;/h31,33,44-51,53-71,77-81,84-86,88-95H,5-30,32,34-41H2,1-4H3,(H,74,82)(H,75,83)(H,76,87)(H,96,97);/q;+1/p-1/b33-31+;/t44?,45?,46-,47?,48+,49+,50+,51+,53+,54+,55?,56-,57-,58-,59+,60+,61+,62+,63+,64-,65+,66+,67+,68-,69+,70-,71-,73-;/m0./s1. The number of allylic oxidation sites excluding steroid dienone is 1. The molecule has 19 N–H and O–H groups in total. The van der Waals surface area contributed by atoms with Gasteiger partial charge < -0.3 is 155 Å². The van der Waals surface area contributed by atoms with E-state index in [1.807, 2.05) is 6.08 Å². The maximum absolute atomic E-state index is 13.7. The summed E-state index contributed by atoms with van der Waals surface area (Å²) in [5, 5.41) is 199. The Labute approximate surface area is 656 Å². The largest absolute Gasteiger partial charge is 1.00 e. The summed E-state index contributed by atoms with van der Waals surface area (Å²) < 4.78 is 59.9. The normalized spacial score (nSPS) is 34.3. The molecule has 0 aromatic rings. The van der Waals surface area contributed by atoms with Gasteiger partial charge in [-0.15, -0.1) is 0 Å². The number of aliphatic hydroxyl groups excluding tert-OH is 16. The van der Waals surface area contributed by atoms with Crippen LogP contribution in [0.15, 0.2) is 12.2 Å². The molecule has 624 valence electrons. The zero-order valence-corrected chi connectivity index (χ0v) is 65.8. The number of rotatable bonds is 52. The maximum Gasteiger partial charge on any atom is 1.00 e. The molecule has 5 fully saturated rings. The van der Waals surface area contributed by atoms with Crippen LogP contribution in [0.3, 0.4) is 0 Å². The van der Waals surface area contributed by atoms with Crippen LogP contribution in [-0.4, -0.2) is 316 Å². The van der Waals surface area contributed by atoms with Gasteiger partial charge in [0.05, 0.1) is 63.9 Å². The van der Waals surface area contributed by atoms with E-state index in [1.54, 1.807) is 0 Å². The first kappa shape index (κ1) is 97.9. The predicted molar refractivity (Wildman–Crippen MR) is 376 cm³/mol. The average molecular weight is 1570 g/mol. The molecule has 35 heteroatoms. The van der Waals surface area contributed by atoms with E-state index in [4.69, 9.17) is 47.4 Å². The van der Waals surface area contributed by atoms with E-state index in [1.165, 1.54) is 109 Å². The van der Waals surface area contributed by atoms with Gasteiger partial charge in [0, 0.05) is 26.7 Å². The van der Waals surface area contributed by atoms with Crippen molar-refractivity contribution in [2.75, 3.05) is 39.6 Å². The van der Waals surface area contributed by atoms with E-state index in [0.717, 1.165) is 71.6 Å². The van der Waals surface area contributed by atoms with Gasteiger partial charge in [0.1, 0.15) is 122 Å². The summed E-state index contributed by atoms with van der Waals surface area (Å²) in [6.07, 6.45) is -17.3. The molecule has 0 aromatic carbocycles. The van der Waals surface area contributed by atoms with Crippen molar-refractivity contribution in [1.82, 2.24) is 16.0 Å². The summed E-state index contributed by atoms with van der Waals surface area (Å²) in [5.74, 6) is -8.10. The fourth-order valence-electron chi connectivity index (χ4n) is 14.3. The van der Waals surface area contributed by atoms with Gasteiger partial charge in [-0.25, -0.2) is 0 Å². The van der Waals surface area contributed by atoms with Crippen molar-refractivity contribution in [3.05, 3.63) is 12.2 Å². The number of aliphatic carboxylic acids is 1. The molecular weight excluding hydrogens is 1440 g/mol. The zero-order valence-electron chi connectivity index (χ0n) is 63.8. The van der Waals surface area contributed by atoms with Crippen molar-refractivity contribution < 1.29 is 183 Å².